The van der Waals surface area contributed by atoms with E-state index in [1.54, 1.807) is 0 Å². The second-order valence-electron chi connectivity index (χ2n) is 7.64. The van der Waals surface area contributed by atoms with Crippen molar-refractivity contribution >= 4 is 16.6 Å². The topological polar surface area (TPSA) is 61.9 Å². The normalized spacial score (nSPS) is 21.4. The summed E-state index contributed by atoms with van der Waals surface area (Å²) in [6.45, 7) is 2.11. The summed E-state index contributed by atoms with van der Waals surface area (Å²) in [4.78, 5) is 0. The lowest BCUT2D eigenvalue weighted by molar-refractivity contribution is 0.643. The fraction of sp³-hybridized carbons (Fsp3) is 0.261. The highest BCUT2D eigenvalue weighted by Crippen LogP contribution is 2.55. The predicted molar refractivity (Wildman–Crippen MR) is 107 cm³/mol. The lowest BCUT2D eigenvalue weighted by Gasteiger charge is -2.18. The molecule has 2 unspecified atom stereocenters. The minimum absolute atomic E-state index is 0.126. The van der Waals surface area contributed by atoms with Crippen LogP contribution < -0.4 is 11.1 Å². The summed E-state index contributed by atoms with van der Waals surface area (Å²) < 4.78 is 0. The Balaban J connectivity index is 1.41. The van der Waals surface area contributed by atoms with Crippen LogP contribution in [-0.4, -0.2) is 12.4 Å². The molecular weight excluding hydrogens is 318 g/mol. The SMILES string of the molecule is N=C(N)c1ccc2cc(C3CC3c3ccc4c(c3)CCNC4)ccc2c1. The Bertz CT molecular complexity index is 1020. The van der Waals surface area contributed by atoms with Gasteiger partial charge in [-0.25, -0.2) is 0 Å². The number of nitrogens with one attached hydrogen (secondary N) is 2. The first kappa shape index (κ1) is 15.6. The molecule has 0 spiro atoms. The third-order valence-electron chi connectivity index (χ3n) is 5.94. The molecular formula is C23H23N3. The Morgan fingerprint density at radius 3 is 2.46 bits per heavy atom. The molecule has 5 rings (SSSR count). The van der Waals surface area contributed by atoms with Gasteiger partial charge in [0.2, 0.25) is 0 Å². The molecule has 1 aliphatic carbocycles. The van der Waals surface area contributed by atoms with Gasteiger partial charge in [-0.05, 0) is 70.3 Å². The van der Waals surface area contributed by atoms with Crippen LogP contribution in [0, 0.1) is 5.41 Å². The van der Waals surface area contributed by atoms with Gasteiger partial charge >= 0.3 is 0 Å². The van der Waals surface area contributed by atoms with Crippen LogP contribution in [0.25, 0.3) is 10.8 Å². The van der Waals surface area contributed by atoms with Gasteiger partial charge in [0.05, 0.1) is 0 Å². The molecule has 2 atom stereocenters. The lowest BCUT2D eigenvalue weighted by Crippen LogP contribution is -2.23. The van der Waals surface area contributed by atoms with Crippen LogP contribution in [0.2, 0.25) is 0 Å². The first-order chi connectivity index (χ1) is 12.7. The molecule has 0 bridgehead atoms. The molecule has 130 valence electrons. The molecule has 0 radical (unpaired) electrons. The molecule has 1 heterocycles. The zero-order chi connectivity index (χ0) is 17.7. The van der Waals surface area contributed by atoms with Gasteiger partial charge in [-0.2, -0.15) is 0 Å². The maximum atomic E-state index is 7.59. The van der Waals surface area contributed by atoms with E-state index in [2.05, 4.69) is 47.8 Å². The van der Waals surface area contributed by atoms with Crippen molar-refractivity contribution < 1.29 is 0 Å². The van der Waals surface area contributed by atoms with Crippen molar-refractivity contribution in [1.29, 1.82) is 5.41 Å². The van der Waals surface area contributed by atoms with E-state index in [9.17, 15) is 0 Å². The van der Waals surface area contributed by atoms with E-state index in [0.717, 1.165) is 30.5 Å². The van der Waals surface area contributed by atoms with Crippen LogP contribution in [0.3, 0.4) is 0 Å². The molecule has 3 nitrogen and oxygen atoms in total. The van der Waals surface area contributed by atoms with Crippen molar-refractivity contribution in [2.45, 2.75) is 31.2 Å². The number of nitrogens with two attached hydrogens (primary N) is 1. The lowest BCUT2D eigenvalue weighted by atomic mass is 9.95. The van der Waals surface area contributed by atoms with Crippen LogP contribution in [0.5, 0.6) is 0 Å². The molecule has 0 amide bonds. The van der Waals surface area contributed by atoms with Gasteiger partial charge < -0.3 is 11.1 Å². The Kier molecular flexibility index (Phi) is 3.57. The molecule has 0 aromatic heterocycles. The van der Waals surface area contributed by atoms with Crippen molar-refractivity contribution in [1.82, 2.24) is 5.32 Å². The van der Waals surface area contributed by atoms with Gasteiger partial charge in [-0.3, -0.25) is 5.41 Å². The number of nitrogen functional groups attached to an aromatic ring is 1. The van der Waals surface area contributed by atoms with Crippen LogP contribution in [-0.2, 0) is 13.0 Å². The molecule has 2 aliphatic rings. The Hall–Kier alpha value is -2.65. The third kappa shape index (κ3) is 2.69. The smallest absolute Gasteiger partial charge is 0.122 e. The first-order valence-electron chi connectivity index (χ1n) is 9.39. The molecule has 3 aromatic carbocycles. The van der Waals surface area contributed by atoms with Gasteiger partial charge in [-0.15, -0.1) is 0 Å². The average Bonchev–Trinajstić information content (AvgIpc) is 3.47. The molecule has 1 saturated carbocycles. The molecule has 0 saturated heterocycles. The Morgan fingerprint density at radius 1 is 0.885 bits per heavy atom. The van der Waals surface area contributed by atoms with E-state index in [0.29, 0.717) is 11.8 Å². The van der Waals surface area contributed by atoms with Crippen LogP contribution in [0.15, 0.2) is 54.6 Å². The van der Waals surface area contributed by atoms with E-state index < -0.39 is 0 Å². The first-order valence-corrected chi connectivity index (χ1v) is 9.39. The van der Waals surface area contributed by atoms with Gasteiger partial charge in [0.25, 0.3) is 0 Å². The minimum Gasteiger partial charge on any atom is -0.384 e. The Labute approximate surface area is 153 Å². The molecule has 1 fully saturated rings. The fourth-order valence-electron chi connectivity index (χ4n) is 4.32. The molecule has 3 aromatic rings. The van der Waals surface area contributed by atoms with Gasteiger partial charge in [0.1, 0.15) is 5.84 Å². The van der Waals surface area contributed by atoms with Crippen molar-refractivity contribution in [2.75, 3.05) is 6.54 Å². The van der Waals surface area contributed by atoms with E-state index in [4.69, 9.17) is 11.1 Å². The minimum atomic E-state index is 0.126. The Morgan fingerprint density at radius 2 is 1.62 bits per heavy atom. The fourth-order valence-corrected chi connectivity index (χ4v) is 4.32. The van der Waals surface area contributed by atoms with Crippen LogP contribution in [0.4, 0.5) is 0 Å². The highest BCUT2D eigenvalue weighted by Gasteiger charge is 2.39. The standard InChI is InChI=1S/C23H23N3/c24-23(25)19-5-2-14-9-17(3-1-15(14)11-19)21-12-22(21)18-4-6-20-13-26-8-7-16(20)10-18/h1-6,9-11,21-22,26H,7-8,12-13H2,(H3,24,25). The number of benzene rings is 3. The monoisotopic (exact) mass is 341 g/mol. The highest BCUT2D eigenvalue weighted by atomic mass is 14.9. The summed E-state index contributed by atoms with van der Waals surface area (Å²) in [7, 11) is 0. The summed E-state index contributed by atoms with van der Waals surface area (Å²) in [5.74, 6) is 1.41. The maximum absolute atomic E-state index is 7.59. The summed E-state index contributed by atoms with van der Waals surface area (Å²) in [5.41, 5.74) is 12.3. The number of rotatable bonds is 3. The second kappa shape index (κ2) is 5.96. The summed E-state index contributed by atoms with van der Waals surface area (Å²) in [5, 5.41) is 13.4. The zero-order valence-corrected chi connectivity index (χ0v) is 14.8. The van der Waals surface area contributed by atoms with Crippen LogP contribution in [0.1, 0.15) is 46.1 Å². The van der Waals surface area contributed by atoms with Crippen LogP contribution >= 0.6 is 0 Å². The van der Waals surface area contributed by atoms with Crippen molar-refractivity contribution in [3.05, 3.63) is 82.4 Å². The van der Waals surface area contributed by atoms with E-state index in [1.165, 1.54) is 34.1 Å². The van der Waals surface area contributed by atoms with E-state index >= 15 is 0 Å². The van der Waals surface area contributed by atoms with E-state index in [-0.39, 0.29) is 5.84 Å². The molecule has 1 aliphatic heterocycles. The summed E-state index contributed by atoms with van der Waals surface area (Å²) >= 11 is 0. The second-order valence-corrected chi connectivity index (χ2v) is 7.64. The van der Waals surface area contributed by atoms with Gasteiger partial charge in [-0.1, -0.05) is 48.5 Å². The maximum Gasteiger partial charge on any atom is 0.122 e. The number of hydrogen-bond acceptors (Lipinski definition) is 2. The summed E-state index contributed by atoms with van der Waals surface area (Å²) in [6, 6.07) is 19.8. The molecule has 3 heteroatoms. The predicted octanol–water partition coefficient (Wildman–Crippen LogP) is 4.04. The quantitative estimate of drug-likeness (QED) is 0.497. The number of fused-ring (bicyclic) bond motifs is 2. The number of hydrogen-bond donors (Lipinski definition) is 3. The third-order valence-corrected chi connectivity index (χ3v) is 5.94. The zero-order valence-electron chi connectivity index (χ0n) is 14.8. The van der Waals surface area contributed by atoms with E-state index in [1.807, 2.05) is 12.1 Å². The van der Waals surface area contributed by atoms with Gasteiger partial charge in [0.15, 0.2) is 0 Å². The van der Waals surface area contributed by atoms with Crippen molar-refractivity contribution in [3.63, 3.8) is 0 Å². The molecule has 4 N–H and O–H groups in total. The average molecular weight is 341 g/mol. The highest BCUT2D eigenvalue weighted by molar-refractivity contribution is 5.99. The molecule has 26 heavy (non-hydrogen) atoms. The van der Waals surface area contributed by atoms with Crippen molar-refractivity contribution in [3.8, 4) is 0 Å². The van der Waals surface area contributed by atoms with Gasteiger partial charge in [0, 0.05) is 12.1 Å². The number of amidine groups is 1. The summed E-state index contributed by atoms with van der Waals surface area (Å²) in [6.07, 6.45) is 2.39. The largest absolute Gasteiger partial charge is 0.384 e. The van der Waals surface area contributed by atoms with Crippen molar-refractivity contribution in [2.24, 2.45) is 5.73 Å².